The van der Waals surface area contributed by atoms with Crippen LogP contribution in [0.2, 0.25) is 0 Å². The molecule has 0 aliphatic carbocycles. The molecule has 6 rings (SSSR count). The van der Waals surface area contributed by atoms with E-state index in [0.29, 0.717) is 12.1 Å². The summed E-state index contributed by atoms with van der Waals surface area (Å²) >= 11 is 0. The summed E-state index contributed by atoms with van der Waals surface area (Å²) in [5.41, 5.74) is 3.70. The summed E-state index contributed by atoms with van der Waals surface area (Å²) < 4.78 is 7.84. The summed E-state index contributed by atoms with van der Waals surface area (Å²) in [6.45, 7) is 6.11. The van der Waals surface area contributed by atoms with Crippen LogP contribution in [0, 0.1) is 0 Å². The fourth-order valence-corrected chi connectivity index (χ4v) is 4.84. The van der Waals surface area contributed by atoms with Crippen LogP contribution >= 0.6 is 0 Å². The van der Waals surface area contributed by atoms with Gasteiger partial charge in [-0.2, -0.15) is 0 Å². The largest absolute Gasteiger partial charge is 0.378 e. The van der Waals surface area contributed by atoms with Crippen molar-refractivity contribution in [2.45, 2.75) is 37.9 Å². The van der Waals surface area contributed by atoms with Crippen LogP contribution in [0.3, 0.4) is 0 Å². The monoisotopic (exact) mass is 418 g/mol. The van der Waals surface area contributed by atoms with E-state index in [9.17, 15) is 0 Å². The van der Waals surface area contributed by atoms with Crippen molar-refractivity contribution in [3.63, 3.8) is 0 Å². The van der Waals surface area contributed by atoms with Crippen LogP contribution in [0.5, 0.6) is 0 Å². The molecule has 5 heterocycles. The number of piperidine rings is 1. The Hall–Kier alpha value is -3.04. The van der Waals surface area contributed by atoms with Gasteiger partial charge in [0.05, 0.1) is 42.7 Å². The highest BCUT2D eigenvalue weighted by Gasteiger charge is 2.32. The maximum atomic E-state index is 5.39. The summed E-state index contributed by atoms with van der Waals surface area (Å²) in [6.07, 6.45) is 5.44. The predicted molar refractivity (Wildman–Crippen MR) is 118 cm³/mol. The molecule has 0 bridgehead atoms. The highest BCUT2D eigenvalue weighted by Crippen LogP contribution is 2.33. The van der Waals surface area contributed by atoms with Gasteiger partial charge >= 0.3 is 0 Å². The molecule has 9 heteroatoms. The zero-order valence-electron chi connectivity index (χ0n) is 17.5. The van der Waals surface area contributed by atoms with Crippen LogP contribution < -0.4 is 5.32 Å². The molecule has 1 aromatic carbocycles. The van der Waals surface area contributed by atoms with E-state index in [1.54, 1.807) is 12.7 Å². The molecule has 0 radical (unpaired) electrons. The quantitative estimate of drug-likeness (QED) is 0.514. The van der Waals surface area contributed by atoms with Crippen LogP contribution in [0.1, 0.15) is 37.7 Å². The van der Waals surface area contributed by atoms with Gasteiger partial charge in [0.1, 0.15) is 17.7 Å². The summed E-state index contributed by atoms with van der Waals surface area (Å²) in [6, 6.07) is 9.44. The maximum Gasteiger partial charge on any atom is 0.162 e. The van der Waals surface area contributed by atoms with E-state index in [-0.39, 0.29) is 6.04 Å². The van der Waals surface area contributed by atoms with Crippen molar-refractivity contribution in [3.05, 3.63) is 42.7 Å². The second kappa shape index (κ2) is 7.58. The zero-order valence-corrected chi connectivity index (χ0v) is 17.5. The molecule has 0 amide bonds. The van der Waals surface area contributed by atoms with Crippen LogP contribution in [-0.4, -0.2) is 66.7 Å². The normalized spacial score (nSPS) is 19.6. The Morgan fingerprint density at radius 3 is 2.74 bits per heavy atom. The smallest absolute Gasteiger partial charge is 0.162 e. The number of imidazole rings is 2. The van der Waals surface area contributed by atoms with Gasteiger partial charge in [0.25, 0.3) is 0 Å². The Morgan fingerprint density at radius 2 is 1.94 bits per heavy atom. The Balaban J connectivity index is 1.32. The minimum atomic E-state index is -0.0275. The van der Waals surface area contributed by atoms with E-state index >= 15 is 0 Å². The van der Waals surface area contributed by atoms with Gasteiger partial charge < -0.3 is 19.6 Å². The number of anilines is 1. The average molecular weight is 419 g/mol. The van der Waals surface area contributed by atoms with Gasteiger partial charge in [-0.3, -0.25) is 4.90 Å². The molecule has 2 N–H and O–H groups in total. The first-order valence-corrected chi connectivity index (χ1v) is 11.0. The van der Waals surface area contributed by atoms with Gasteiger partial charge in [0, 0.05) is 19.1 Å². The number of hydrogen-bond acceptors (Lipinski definition) is 7. The Labute approximate surface area is 179 Å². The summed E-state index contributed by atoms with van der Waals surface area (Å²) in [5, 5.41) is 3.53. The molecule has 2 saturated heterocycles. The minimum absolute atomic E-state index is 0.0275. The Bertz CT molecular complexity index is 1200. The standard InChI is InChI=1S/C22H26N8O/c1-14(27-21-19-20(24-12-23-19)25-13-26-21)22-28-17-4-2-3-5-18(17)30(22)15-6-8-29(9-7-15)16-10-31-11-16/h2-5,12-16H,6-11H2,1H3,(H2,23,24,25,26,27). The summed E-state index contributed by atoms with van der Waals surface area (Å²) in [5.74, 6) is 1.76. The highest BCUT2D eigenvalue weighted by molar-refractivity contribution is 5.82. The van der Waals surface area contributed by atoms with E-state index in [1.165, 1.54) is 5.52 Å². The zero-order chi connectivity index (χ0) is 20.8. The molecule has 2 aliphatic rings. The fraction of sp³-hybridized carbons (Fsp3) is 0.455. The second-order valence-corrected chi connectivity index (χ2v) is 8.48. The summed E-state index contributed by atoms with van der Waals surface area (Å²) in [4.78, 5) is 23.7. The van der Waals surface area contributed by atoms with Crippen molar-refractivity contribution in [2.75, 3.05) is 31.6 Å². The molecule has 3 aromatic heterocycles. The van der Waals surface area contributed by atoms with Gasteiger partial charge in [-0.15, -0.1) is 0 Å². The molecule has 4 aromatic rings. The van der Waals surface area contributed by atoms with Crippen LogP contribution in [0.15, 0.2) is 36.9 Å². The third-order valence-corrected chi connectivity index (χ3v) is 6.58. The lowest BCUT2D eigenvalue weighted by atomic mass is 10.0. The second-order valence-electron chi connectivity index (χ2n) is 8.48. The molecule has 2 aliphatic heterocycles. The highest BCUT2D eigenvalue weighted by atomic mass is 16.5. The van der Waals surface area contributed by atoms with E-state index < -0.39 is 0 Å². The molecule has 31 heavy (non-hydrogen) atoms. The van der Waals surface area contributed by atoms with Crippen LogP contribution in [-0.2, 0) is 4.74 Å². The van der Waals surface area contributed by atoms with Crippen LogP contribution in [0.4, 0.5) is 5.82 Å². The first-order chi connectivity index (χ1) is 15.3. The first-order valence-electron chi connectivity index (χ1n) is 11.0. The number of benzene rings is 1. The van der Waals surface area contributed by atoms with Crippen molar-refractivity contribution in [1.29, 1.82) is 0 Å². The molecular weight excluding hydrogens is 392 g/mol. The number of aromatic nitrogens is 6. The van der Waals surface area contributed by atoms with Crippen molar-refractivity contribution < 1.29 is 4.74 Å². The number of rotatable bonds is 5. The lowest BCUT2D eigenvalue weighted by Gasteiger charge is -2.42. The van der Waals surface area contributed by atoms with Crippen molar-refractivity contribution in [3.8, 4) is 0 Å². The number of ether oxygens (including phenoxy) is 1. The average Bonchev–Trinajstić information content (AvgIpc) is 3.38. The number of nitrogens with zero attached hydrogens (tertiary/aromatic N) is 6. The number of likely N-dealkylation sites (tertiary alicyclic amines) is 1. The third kappa shape index (κ3) is 3.24. The third-order valence-electron chi connectivity index (χ3n) is 6.58. The van der Waals surface area contributed by atoms with Gasteiger partial charge in [-0.25, -0.2) is 19.9 Å². The molecule has 0 saturated carbocycles. The Kier molecular flexibility index (Phi) is 4.57. The molecule has 0 spiro atoms. The molecule has 9 nitrogen and oxygen atoms in total. The molecule has 160 valence electrons. The van der Waals surface area contributed by atoms with Gasteiger partial charge in [-0.1, -0.05) is 12.1 Å². The van der Waals surface area contributed by atoms with Crippen LogP contribution in [0.25, 0.3) is 22.2 Å². The summed E-state index contributed by atoms with van der Waals surface area (Å²) in [7, 11) is 0. The molecular formula is C22H26N8O. The van der Waals surface area contributed by atoms with Crippen molar-refractivity contribution in [1.82, 2.24) is 34.4 Å². The Morgan fingerprint density at radius 1 is 1.10 bits per heavy atom. The molecule has 2 fully saturated rings. The molecule has 1 unspecified atom stereocenters. The predicted octanol–water partition coefficient (Wildman–Crippen LogP) is 2.91. The number of fused-ring (bicyclic) bond motifs is 2. The lowest BCUT2D eigenvalue weighted by Crippen LogP contribution is -2.52. The number of aromatic amines is 1. The van der Waals surface area contributed by atoms with E-state index in [0.717, 1.165) is 67.5 Å². The minimum Gasteiger partial charge on any atom is -0.378 e. The van der Waals surface area contributed by atoms with Crippen molar-refractivity contribution in [2.24, 2.45) is 0 Å². The first kappa shape index (κ1) is 18.7. The number of H-pyrrole nitrogens is 1. The lowest BCUT2D eigenvalue weighted by molar-refractivity contribution is -0.0730. The topological polar surface area (TPSA) is 96.8 Å². The van der Waals surface area contributed by atoms with Gasteiger partial charge in [0.15, 0.2) is 11.5 Å². The van der Waals surface area contributed by atoms with Gasteiger partial charge in [-0.05, 0) is 31.9 Å². The van der Waals surface area contributed by atoms with Gasteiger partial charge in [0.2, 0.25) is 0 Å². The number of nitrogens with one attached hydrogen (secondary N) is 2. The molecule has 1 atom stereocenters. The van der Waals surface area contributed by atoms with E-state index in [2.05, 4.69) is 65.9 Å². The number of para-hydroxylation sites is 2. The van der Waals surface area contributed by atoms with E-state index in [4.69, 9.17) is 9.72 Å². The SMILES string of the molecule is CC(Nc1ncnc2[nH]cnc12)c1nc2ccccc2n1C1CCN(C2COC2)CC1. The van der Waals surface area contributed by atoms with E-state index in [1.807, 2.05) is 0 Å². The van der Waals surface area contributed by atoms with Crippen molar-refractivity contribution >= 4 is 28.0 Å². The fourth-order valence-electron chi connectivity index (χ4n) is 4.84. The maximum absolute atomic E-state index is 5.39. The number of hydrogen-bond donors (Lipinski definition) is 2.